The van der Waals surface area contributed by atoms with Crippen LogP contribution in [0.3, 0.4) is 0 Å². The summed E-state index contributed by atoms with van der Waals surface area (Å²) in [5.74, 6) is -0.386. The van der Waals surface area contributed by atoms with Crippen molar-refractivity contribution < 1.29 is 19.1 Å². The fourth-order valence-electron chi connectivity index (χ4n) is 3.29. The molecular formula is C19H23NO4. The third-order valence-corrected chi connectivity index (χ3v) is 4.22. The predicted octanol–water partition coefficient (Wildman–Crippen LogP) is 3.93. The molecule has 5 nitrogen and oxygen atoms in total. The first-order chi connectivity index (χ1) is 11.2. The highest BCUT2D eigenvalue weighted by atomic mass is 16.6. The summed E-state index contributed by atoms with van der Waals surface area (Å²) in [5.41, 5.74) is 1.97. The van der Waals surface area contributed by atoms with Crippen LogP contribution < -0.4 is 0 Å². The molecule has 0 aliphatic carbocycles. The number of hydrogen-bond acceptors (Lipinski definition) is 4. The minimum absolute atomic E-state index is 0.131. The highest BCUT2D eigenvalue weighted by Crippen LogP contribution is 2.37. The second-order valence-corrected chi connectivity index (χ2v) is 7.32. The van der Waals surface area contributed by atoms with Crippen LogP contribution in [0.15, 0.2) is 24.3 Å². The molecule has 2 aromatic rings. The molecule has 2 heterocycles. The molecule has 1 fully saturated rings. The molecule has 1 saturated heterocycles. The van der Waals surface area contributed by atoms with Crippen LogP contribution in [0, 0.1) is 0 Å². The fourth-order valence-corrected chi connectivity index (χ4v) is 3.29. The molecule has 0 bridgehead atoms. The van der Waals surface area contributed by atoms with Crippen LogP contribution in [0.1, 0.15) is 62.5 Å². The van der Waals surface area contributed by atoms with Crippen molar-refractivity contribution in [2.24, 2.45) is 0 Å². The Morgan fingerprint density at radius 2 is 2.08 bits per heavy atom. The van der Waals surface area contributed by atoms with E-state index in [0.29, 0.717) is 12.1 Å². The highest BCUT2D eigenvalue weighted by molar-refractivity contribution is 5.95. The maximum Gasteiger partial charge on any atom is 0.355 e. The van der Waals surface area contributed by atoms with Crippen LogP contribution in [0.5, 0.6) is 0 Å². The summed E-state index contributed by atoms with van der Waals surface area (Å²) in [6.07, 6.45) is 1.02. The molecule has 5 heteroatoms. The summed E-state index contributed by atoms with van der Waals surface area (Å²) < 4.78 is 10.6. The number of ether oxygens (including phenoxy) is 2. The molecule has 0 amide bonds. The minimum Gasteiger partial charge on any atom is -0.460 e. The lowest BCUT2D eigenvalue weighted by atomic mass is 9.83. The van der Waals surface area contributed by atoms with Crippen molar-refractivity contribution in [3.05, 3.63) is 35.5 Å². The van der Waals surface area contributed by atoms with Gasteiger partial charge in [0.05, 0.1) is 12.5 Å². The topological polar surface area (TPSA) is 68.4 Å². The third-order valence-electron chi connectivity index (χ3n) is 4.22. The van der Waals surface area contributed by atoms with E-state index in [2.05, 4.69) is 4.98 Å². The summed E-state index contributed by atoms with van der Waals surface area (Å²) in [6, 6.07) is 7.80. The van der Waals surface area contributed by atoms with Gasteiger partial charge in [-0.1, -0.05) is 6.07 Å². The van der Waals surface area contributed by atoms with Gasteiger partial charge in [0, 0.05) is 10.9 Å². The average molecular weight is 329 g/mol. The molecule has 1 aromatic carbocycles. The lowest BCUT2D eigenvalue weighted by Crippen LogP contribution is -2.36. The second-order valence-electron chi connectivity index (χ2n) is 7.32. The molecule has 1 aromatic heterocycles. The Morgan fingerprint density at radius 1 is 1.33 bits per heavy atom. The van der Waals surface area contributed by atoms with Crippen LogP contribution in [-0.2, 0) is 14.3 Å². The molecule has 3 rings (SSSR count). The van der Waals surface area contributed by atoms with Gasteiger partial charge < -0.3 is 14.5 Å². The van der Waals surface area contributed by atoms with Crippen molar-refractivity contribution in [3.63, 3.8) is 0 Å². The zero-order valence-electron chi connectivity index (χ0n) is 14.5. The molecule has 1 aliphatic heterocycles. The molecule has 0 radical (unpaired) electrons. The van der Waals surface area contributed by atoms with Gasteiger partial charge in [0.15, 0.2) is 0 Å². The first-order valence-electron chi connectivity index (χ1n) is 8.29. The summed E-state index contributed by atoms with van der Waals surface area (Å²) in [5, 5.41) is 0.944. The number of benzene rings is 1. The number of nitrogens with one attached hydrogen (secondary N) is 1. The molecule has 128 valence electrons. The zero-order valence-corrected chi connectivity index (χ0v) is 14.5. The van der Waals surface area contributed by atoms with Gasteiger partial charge >= 0.3 is 11.9 Å². The lowest BCUT2D eigenvalue weighted by molar-refractivity contribution is -0.164. The van der Waals surface area contributed by atoms with Gasteiger partial charge in [0.1, 0.15) is 11.3 Å². The van der Waals surface area contributed by atoms with Gasteiger partial charge in [-0.3, -0.25) is 4.79 Å². The summed E-state index contributed by atoms with van der Waals surface area (Å²) >= 11 is 0. The van der Waals surface area contributed by atoms with Crippen LogP contribution in [0.4, 0.5) is 0 Å². The van der Waals surface area contributed by atoms with Gasteiger partial charge in [-0.05, 0) is 63.8 Å². The van der Waals surface area contributed by atoms with Crippen LogP contribution in [0.2, 0.25) is 0 Å². The monoisotopic (exact) mass is 329 g/mol. The van der Waals surface area contributed by atoms with Crippen LogP contribution >= 0.6 is 0 Å². The first kappa shape index (κ1) is 16.6. The van der Waals surface area contributed by atoms with Gasteiger partial charge in [-0.15, -0.1) is 0 Å². The Labute approximate surface area is 141 Å². The average Bonchev–Trinajstić information content (AvgIpc) is 2.87. The second kappa shape index (κ2) is 5.96. The van der Waals surface area contributed by atoms with Crippen LogP contribution in [0.25, 0.3) is 10.9 Å². The standard InChI is InChI=1S/C19H23NO4/c1-11(2)23-18(22)16-8-13-7-12(5-6-15(13)20-16)14-9-17(21)24-19(3,4)10-14/h5-8,11,14,20H,9-10H2,1-4H3. The highest BCUT2D eigenvalue weighted by Gasteiger charge is 2.35. The van der Waals surface area contributed by atoms with Crippen molar-refractivity contribution in [3.8, 4) is 0 Å². The molecule has 0 spiro atoms. The van der Waals surface area contributed by atoms with E-state index < -0.39 is 5.60 Å². The van der Waals surface area contributed by atoms with Gasteiger partial charge in [0.25, 0.3) is 0 Å². The van der Waals surface area contributed by atoms with E-state index in [9.17, 15) is 9.59 Å². The van der Waals surface area contributed by atoms with Crippen LogP contribution in [-0.4, -0.2) is 28.6 Å². The number of aromatic nitrogens is 1. The lowest BCUT2D eigenvalue weighted by Gasteiger charge is -2.35. The Hall–Kier alpha value is -2.30. The molecule has 1 unspecified atom stereocenters. The number of carbonyl (C=O) groups is 2. The number of rotatable bonds is 3. The number of esters is 2. The molecule has 24 heavy (non-hydrogen) atoms. The smallest absolute Gasteiger partial charge is 0.355 e. The fraction of sp³-hybridized carbons (Fsp3) is 0.474. The van der Waals surface area contributed by atoms with Crippen molar-refractivity contribution in [1.29, 1.82) is 0 Å². The molecule has 1 N–H and O–H groups in total. The molecule has 0 saturated carbocycles. The SMILES string of the molecule is CC(C)OC(=O)c1cc2cc(C3CC(=O)OC(C)(C)C3)ccc2[nH]1. The first-order valence-corrected chi connectivity index (χ1v) is 8.29. The Kier molecular flexibility index (Phi) is 4.11. The van der Waals surface area contributed by atoms with E-state index in [1.165, 1.54) is 0 Å². The van der Waals surface area contributed by atoms with Crippen molar-refractivity contribution in [2.75, 3.05) is 0 Å². The maximum atomic E-state index is 12.0. The molecule has 1 atom stereocenters. The zero-order chi connectivity index (χ0) is 17.5. The number of aromatic amines is 1. The van der Waals surface area contributed by atoms with E-state index in [4.69, 9.17) is 9.47 Å². The molecule has 1 aliphatic rings. The summed E-state index contributed by atoms with van der Waals surface area (Å²) in [4.78, 5) is 26.9. The minimum atomic E-state index is -0.445. The maximum absolute atomic E-state index is 12.0. The van der Waals surface area contributed by atoms with Crippen molar-refractivity contribution in [2.45, 2.75) is 58.2 Å². The predicted molar refractivity (Wildman–Crippen MR) is 91.0 cm³/mol. The number of cyclic esters (lactones) is 1. The number of hydrogen-bond donors (Lipinski definition) is 1. The quantitative estimate of drug-likeness (QED) is 0.866. The van der Waals surface area contributed by atoms with E-state index in [0.717, 1.165) is 22.9 Å². The summed E-state index contributed by atoms with van der Waals surface area (Å²) in [7, 11) is 0. The molecular weight excluding hydrogens is 306 g/mol. The van der Waals surface area contributed by atoms with E-state index >= 15 is 0 Å². The Morgan fingerprint density at radius 3 is 2.75 bits per heavy atom. The van der Waals surface area contributed by atoms with E-state index in [1.54, 1.807) is 6.07 Å². The number of carbonyl (C=O) groups excluding carboxylic acids is 2. The van der Waals surface area contributed by atoms with Gasteiger partial charge in [0.2, 0.25) is 0 Å². The number of fused-ring (bicyclic) bond motifs is 1. The van der Waals surface area contributed by atoms with Gasteiger partial charge in [-0.2, -0.15) is 0 Å². The Bertz CT molecular complexity index is 788. The normalized spacial score (nSPS) is 20.2. The van der Waals surface area contributed by atoms with Crippen molar-refractivity contribution in [1.82, 2.24) is 4.98 Å². The third kappa shape index (κ3) is 3.45. The van der Waals surface area contributed by atoms with Gasteiger partial charge in [-0.25, -0.2) is 4.79 Å². The van der Waals surface area contributed by atoms with Crippen molar-refractivity contribution >= 4 is 22.8 Å². The Balaban J connectivity index is 1.88. The summed E-state index contributed by atoms with van der Waals surface area (Å²) in [6.45, 7) is 7.52. The largest absolute Gasteiger partial charge is 0.460 e. The van der Waals surface area contributed by atoms with E-state index in [-0.39, 0.29) is 24.0 Å². The van der Waals surface area contributed by atoms with E-state index in [1.807, 2.05) is 45.9 Å². The number of H-pyrrole nitrogens is 1.